The lowest BCUT2D eigenvalue weighted by molar-refractivity contribution is 0.0696. The van der Waals surface area contributed by atoms with E-state index in [-0.39, 0.29) is 16.2 Å². The molecule has 0 spiro atoms. The first kappa shape index (κ1) is 16.3. The first-order valence-corrected chi connectivity index (χ1v) is 9.44. The number of thioether (sulfide) groups is 1. The van der Waals surface area contributed by atoms with Gasteiger partial charge in [-0.2, -0.15) is 11.8 Å². The molecule has 1 heterocycles. The highest BCUT2D eigenvalue weighted by Gasteiger charge is 2.18. The molecule has 1 aromatic rings. The van der Waals surface area contributed by atoms with E-state index in [0.29, 0.717) is 11.0 Å². The lowest BCUT2D eigenvalue weighted by atomic mass is 10.2. The normalized spacial score (nSPS) is 16.8. The lowest BCUT2D eigenvalue weighted by Gasteiger charge is -2.21. The molecule has 0 bridgehead atoms. The second kappa shape index (κ2) is 7.29. The fourth-order valence-electron chi connectivity index (χ4n) is 2.09. The third-order valence-corrected chi connectivity index (χ3v) is 6.71. The van der Waals surface area contributed by atoms with Gasteiger partial charge in [-0.15, -0.1) is 0 Å². The topological polar surface area (TPSA) is 80.7 Å². The van der Waals surface area contributed by atoms with Gasteiger partial charge in [-0.1, -0.05) is 0 Å². The zero-order valence-corrected chi connectivity index (χ0v) is 13.2. The van der Waals surface area contributed by atoms with Gasteiger partial charge in [0.2, 0.25) is 0 Å². The Balaban J connectivity index is 1.90. The van der Waals surface area contributed by atoms with Gasteiger partial charge in [0.15, 0.2) is 9.84 Å². The SMILES string of the molecule is O=C(O)c1ccc(S(=O)(=O)CCSC2CCOCC2)cc1. The maximum Gasteiger partial charge on any atom is 0.335 e. The van der Waals surface area contributed by atoms with Crippen molar-refractivity contribution in [2.75, 3.05) is 24.7 Å². The number of hydrogen-bond acceptors (Lipinski definition) is 5. The van der Waals surface area contributed by atoms with Gasteiger partial charge in [-0.3, -0.25) is 0 Å². The summed E-state index contributed by atoms with van der Waals surface area (Å²) in [5.41, 5.74) is 0.0885. The molecule has 7 heteroatoms. The number of sulfone groups is 1. The third-order valence-electron chi connectivity index (χ3n) is 3.33. The van der Waals surface area contributed by atoms with Crippen LogP contribution in [0.15, 0.2) is 29.2 Å². The molecule has 0 radical (unpaired) electrons. The summed E-state index contributed by atoms with van der Waals surface area (Å²) in [5, 5.41) is 9.28. The average Bonchev–Trinajstić information content (AvgIpc) is 2.48. The predicted octanol–water partition coefficient (Wildman–Crippen LogP) is 2.07. The summed E-state index contributed by atoms with van der Waals surface area (Å²) >= 11 is 1.67. The van der Waals surface area contributed by atoms with Gasteiger partial charge in [0.25, 0.3) is 0 Å². The summed E-state index contributed by atoms with van der Waals surface area (Å²) in [6.45, 7) is 1.50. The molecule has 0 amide bonds. The molecule has 1 aromatic carbocycles. The van der Waals surface area contributed by atoms with Crippen LogP contribution in [-0.4, -0.2) is 49.5 Å². The summed E-state index contributed by atoms with van der Waals surface area (Å²) in [6, 6.07) is 5.36. The minimum absolute atomic E-state index is 0.0709. The Morgan fingerprint density at radius 2 is 1.86 bits per heavy atom. The molecule has 1 saturated heterocycles. The van der Waals surface area contributed by atoms with E-state index in [1.54, 1.807) is 11.8 Å². The maximum atomic E-state index is 12.2. The van der Waals surface area contributed by atoms with Gasteiger partial charge < -0.3 is 9.84 Å². The van der Waals surface area contributed by atoms with Crippen molar-refractivity contribution >= 4 is 27.6 Å². The average molecular weight is 330 g/mol. The number of carboxylic acids is 1. The van der Waals surface area contributed by atoms with Crippen LogP contribution >= 0.6 is 11.8 Å². The van der Waals surface area contributed by atoms with Crippen LogP contribution in [0.25, 0.3) is 0 Å². The number of aromatic carboxylic acids is 1. The monoisotopic (exact) mass is 330 g/mol. The molecular weight excluding hydrogens is 312 g/mol. The van der Waals surface area contributed by atoms with Crippen LogP contribution in [0.1, 0.15) is 23.2 Å². The first-order valence-electron chi connectivity index (χ1n) is 6.74. The number of benzene rings is 1. The molecule has 1 aliphatic rings. The number of carboxylic acid groups (broad SMARTS) is 1. The largest absolute Gasteiger partial charge is 0.478 e. The quantitative estimate of drug-likeness (QED) is 0.860. The summed E-state index contributed by atoms with van der Waals surface area (Å²) in [6.07, 6.45) is 1.94. The molecule has 0 aromatic heterocycles. The molecule has 0 aliphatic carbocycles. The van der Waals surface area contributed by atoms with Gasteiger partial charge in [-0.05, 0) is 37.1 Å². The number of hydrogen-bond donors (Lipinski definition) is 1. The fraction of sp³-hybridized carbons (Fsp3) is 0.500. The molecule has 1 N–H and O–H groups in total. The molecule has 1 fully saturated rings. The lowest BCUT2D eigenvalue weighted by Crippen LogP contribution is -2.19. The Morgan fingerprint density at radius 1 is 1.24 bits per heavy atom. The summed E-state index contributed by atoms with van der Waals surface area (Å²) in [7, 11) is -3.35. The Kier molecular flexibility index (Phi) is 5.66. The maximum absolute atomic E-state index is 12.2. The smallest absolute Gasteiger partial charge is 0.335 e. The van der Waals surface area contributed by atoms with Gasteiger partial charge in [0.05, 0.1) is 16.2 Å². The second-order valence-corrected chi connectivity index (χ2v) is 8.35. The van der Waals surface area contributed by atoms with E-state index in [4.69, 9.17) is 9.84 Å². The van der Waals surface area contributed by atoms with E-state index in [2.05, 4.69) is 0 Å². The van der Waals surface area contributed by atoms with Crippen LogP contribution in [0.3, 0.4) is 0 Å². The van der Waals surface area contributed by atoms with Crippen LogP contribution in [0.4, 0.5) is 0 Å². The molecule has 5 nitrogen and oxygen atoms in total. The van der Waals surface area contributed by atoms with E-state index in [1.165, 1.54) is 24.3 Å². The van der Waals surface area contributed by atoms with Crippen molar-refractivity contribution in [1.29, 1.82) is 0 Å². The molecule has 0 unspecified atom stereocenters. The number of rotatable bonds is 6. The van der Waals surface area contributed by atoms with Crippen molar-refractivity contribution in [1.82, 2.24) is 0 Å². The molecule has 116 valence electrons. The molecule has 2 rings (SSSR count). The molecule has 0 atom stereocenters. The Morgan fingerprint density at radius 3 is 2.43 bits per heavy atom. The first-order chi connectivity index (χ1) is 9.99. The van der Waals surface area contributed by atoms with Crippen molar-refractivity contribution < 1.29 is 23.1 Å². The minimum Gasteiger partial charge on any atom is -0.478 e. The highest BCUT2D eigenvalue weighted by molar-refractivity contribution is 8.01. The summed E-state index contributed by atoms with van der Waals surface area (Å²) in [5.74, 6) is -0.441. The molecule has 0 saturated carbocycles. The minimum atomic E-state index is -3.35. The van der Waals surface area contributed by atoms with E-state index < -0.39 is 15.8 Å². The van der Waals surface area contributed by atoms with E-state index in [0.717, 1.165) is 26.1 Å². The number of ether oxygens (including phenoxy) is 1. The standard InChI is InChI=1S/C14H18O5S2/c15-14(16)11-1-3-13(4-2-11)21(17,18)10-9-20-12-5-7-19-8-6-12/h1-4,12H,5-10H2,(H,15,16). The van der Waals surface area contributed by atoms with E-state index >= 15 is 0 Å². The van der Waals surface area contributed by atoms with Crippen molar-refractivity contribution in [3.8, 4) is 0 Å². The second-order valence-electron chi connectivity index (χ2n) is 4.83. The Bertz CT molecular complexity index is 574. The van der Waals surface area contributed by atoms with Crippen LogP contribution in [-0.2, 0) is 14.6 Å². The van der Waals surface area contributed by atoms with Crippen LogP contribution in [0.5, 0.6) is 0 Å². The van der Waals surface area contributed by atoms with Gasteiger partial charge in [0, 0.05) is 24.2 Å². The molecule has 1 aliphatic heterocycles. The van der Waals surface area contributed by atoms with Crippen LogP contribution < -0.4 is 0 Å². The van der Waals surface area contributed by atoms with Crippen molar-refractivity contribution in [2.45, 2.75) is 23.0 Å². The van der Waals surface area contributed by atoms with Gasteiger partial charge in [-0.25, -0.2) is 13.2 Å². The Hall–Kier alpha value is -1.05. The van der Waals surface area contributed by atoms with Gasteiger partial charge in [0.1, 0.15) is 0 Å². The number of carbonyl (C=O) groups is 1. The Labute approximate surface area is 128 Å². The van der Waals surface area contributed by atoms with Crippen LogP contribution in [0, 0.1) is 0 Å². The zero-order chi connectivity index (χ0) is 15.3. The molecular formula is C14H18O5S2. The summed E-state index contributed by atoms with van der Waals surface area (Å²) < 4.78 is 29.6. The molecule has 21 heavy (non-hydrogen) atoms. The fourth-order valence-corrected chi connectivity index (χ4v) is 5.00. The van der Waals surface area contributed by atoms with Crippen molar-refractivity contribution in [2.24, 2.45) is 0 Å². The predicted molar refractivity (Wildman–Crippen MR) is 81.8 cm³/mol. The highest BCUT2D eigenvalue weighted by atomic mass is 32.2. The van der Waals surface area contributed by atoms with Crippen LogP contribution in [0.2, 0.25) is 0 Å². The van der Waals surface area contributed by atoms with E-state index in [9.17, 15) is 13.2 Å². The van der Waals surface area contributed by atoms with Gasteiger partial charge >= 0.3 is 5.97 Å². The van der Waals surface area contributed by atoms with Crippen molar-refractivity contribution in [3.05, 3.63) is 29.8 Å². The van der Waals surface area contributed by atoms with E-state index in [1.807, 2.05) is 0 Å². The highest BCUT2D eigenvalue weighted by Crippen LogP contribution is 2.23. The third kappa shape index (κ3) is 4.72. The summed E-state index contributed by atoms with van der Waals surface area (Å²) in [4.78, 5) is 10.9. The zero-order valence-electron chi connectivity index (χ0n) is 11.5. The van der Waals surface area contributed by atoms with Crippen molar-refractivity contribution in [3.63, 3.8) is 0 Å².